The van der Waals surface area contributed by atoms with Crippen molar-refractivity contribution in [1.82, 2.24) is 0 Å². The maximum atomic E-state index is 9.43. The van der Waals surface area contributed by atoms with Gasteiger partial charge in [-0.3, -0.25) is 0 Å². The van der Waals surface area contributed by atoms with E-state index in [1.54, 1.807) is 0 Å². The Kier molecular flexibility index (Phi) is 3.18. The number of alkyl halides is 1. The van der Waals surface area contributed by atoms with Gasteiger partial charge in [0.1, 0.15) is 0 Å². The van der Waals surface area contributed by atoms with Crippen molar-refractivity contribution >= 4 is 15.9 Å². The summed E-state index contributed by atoms with van der Waals surface area (Å²) < 4.78 is 0. The quantitative estimate of drug-likeness (QED) is 0.654. The van der Waals surface area contributed by atoms with Crippen LogP contribution in [0.15, 0.2) is 0 Å². The average molecular weight is 207 g/mol. The van der Waals surface area contributed by atoms with Crippen LogP contribution in [0.4, 0.5) is 0 Å². The second-order valence-electron chi connectivity index (χ2n) is 3.17. The molecule has 1 saturated carbocycles. The van der Waals surface area contributed by atoms with Gasteiger partial charge in [0, 0.05) is 4.83 Å². The van der Waals surface area contributed by atoms with E-state index in [1.807, 2.05) is 0 Å². The summed E-state index contributed by atoms with van der Waals surface area (Å²) in [6.07, 6.45) is 4.53. The van der Waals surface area contributed by atoms with E-state index in [1.165, 1.54) is 12.8 Å². The molecule has 0 bridgehead atoms. The smallest absolute Gasteiger partial charge is 0.0667 e. The maximum Gasteiger partial charge on any atom is 0.0667 e. The highest BCUT2D eigenvalue weighted by atomic mass is 79.9. The van der Waals surface area contributed by atoms with E-state index in [4.69, 9.17) is 0 Å². The minimum atomic E-state index is -0.0984. The van der Waals surface area contributed by atoms with Gasteiger partial charge in [0.15, 0.2) is 0 Å². The molecule has 0 aromatic carbocycles. The van der Waals surface area contributed by atoms with Crippen LogP contribution in [-0.4, -0.2) is 16.0 Å². The lowest BCUT2D eigenvalue weighted by Crippen LogP contribution is -2.29. The zero-order valence-electron chi connectivity index (χ0n) is 6.39. The van der Waals surface area contributed by atoms with Crippen molar-refractivity contribution in [2.45, 2.75) is 43.5 Å². The molecule has 0 aliphatic heterocycles. The second kappa shape index (κ2) is 3.72. The molecule has 1 fully saturated rings. The standard InChI is InChI=1S/C8H15BrO/c1-2-6-3-4-7(9)8(10)5-6/h6-8,10H,2-5H2,1H3. The van der Waals surface area contributed by atoms with Crippen molar-refractivity contribution in [3.63, 3.8) is 0 Å². The van der Waals surface area contributed by atoms with Gasteiger partial charge >= 0.3 is 0 Å². The first kappa shape index (κ1) is 8.54. The number of aliphatic hydroxyl groups is 1. The van der Waals surface area contributed by atoms with E-state index in [-0.39, 0.29) is 6.10 Å². The minimum absolute atomic E-state index is 0.0984. The Morgan fingerprint density at radius 2 is 2.20 bits per heavy atom. The molecule has 0 spiro atoms. The van der Waals surface area contributed by atoms with Crippen molar-refractivity contribution in [1.29, 1.82) is 0 Å². The number of rotatable bonds is 1. The van der Waals surface area contributed by atoms with Crippen molar-refractivity contribution in [3.8, 4) is 0 Å². The number of hydrogen-bond donors (Lipinski definition) is 1. The predicted molar refractivity (Wildman–Crippen MR) is 46.4 cm³/mol. The zero-order valence-corrected chi connectivity index (χ0v) is 7.97. The van der Waals surface area contributed by atoms with Gasteiger partial charge in [-0.1, -0.05) is 29.3 Å². The molecule has 0 aromatic heterocycles. The van der Waals surface area contributed by atoms with Gasteiger partial charge in [-0.25, -0.2) is 0 Å². The van der Waals surface area contributed by atoms with Crippen molar-refractivity contribution in [2.75, 3.05) is 0 Å². The molecular weight excluding hydrogens is 192 g/mol. The molecule has 1 nitrogen and oxygen atoms in total. The number of hydrogen-bond acceptors (Lipinski definition) is 1. The molecule has 0 saturated heterocycles. The molecule has 2 heteroatoms. The third-order valence-corrected chi connectivity index (χ3v) is 3.49. The van der Waals surface area contributed by atoms with Crippen LogP contribution >= 0.6 is 15.9 Å². The highest BCUT2D eigenvalue weighted by Crippen LogP contribution is 2.30. The van der Waals surface area contributed by atoms with Gasteiger partial charge < -0.3 is 5.11 Å². The van der Waals surface area contributed by atoms with E-state index >= 15 is 0 Å². The summed E-state index contributed by atoms with van der Waals surface area (Å²) in [5.74, 6) is 0.767. The molecule has 0 heterocycles. The lowest BCUT2D eigenvalue weighted by atomic mass is 9.86. The van der Waals surface area contributed by atoms with Gasteiger partial charge in [0.25, 0.3) is 0 Å². The molecule has 3 unspecified atom stereocenters. The summed E-state index contributed by atoms with van der Waals surface area (Å²) in [5.41, 5.74) is 0. The van der Waals surface area contributed by atoms with Crippen molar-refractivity contribution < 1.29 is 5.11 Å². The fourth-order valence-electron chi connectivity index (χ4n) is 1.57. The van der Waals surface area contributed by atoms with Crippen LogP contribution in [0, 0.1) is 5.92 Å². The first-order chi connectivity index (χ1) is 4.74. The third-order valence-electron chi connectivity index (χ3n) is 2.42. The Balaban J connectivity index is 2.33. The Morgan fingerprint density at radius 1 is 1.50 bits per heavy atom. The molecule has 10 heavy (non-hydrogen) atoms. The second-order valence-corrected chi connectivity index (χ2v) is 4.35. The topological polar surface area (TPSA) is 20.2 Å². The normalized spacial score (nSPS) is 41.7. The number of aliphatic hydroxyl groups excluding tert-OH is 1. The Morgan fingerprint density at radius 3 is 2.70 bits per heavy atom. The Labute approximate surface area is 70.9 Å². The van der Waals surface area contributed by atoms with E-state index in [0.29, 0.717) is 4.83 Å². The summed E-state index contributed by atoms with van der Waals surface area (Å²) in [4.78, 5) is 0.357. The van der Waals surface area contributed by atoms with Crippen LogP contribution in [0.3, 0.4) is 0 Å². The SMILES string of the molecule is CCC1CCC(Br)C(O)C1. The summed E-state index contributed by atoms with van der Waals surface area (Å²) in [7, 11) is 0. The van der Waals surface area contributed by atoms with Crippen LogP contribution in [0.5, 0.6) is 0 Å². The lowest BCUT2D eigenvalue weighted by Gasteiger charge is -2.28. The van der Waals surface area contributed by atoms with Crippen LogP contribution in [0.2, 0.25) is 0 Å². The highest BCUT2D eigenvalue weighted by Gasteiger charge is 2.25. The molecule has 1 aliphatic rings. The van der Waals surface area contributed by atoms with Crippen molar-refractivity contribution in [3.05, 3.63) is 0 Å². The van der Waals surface area contributed by atoms with Gasteiger partial charge in [0.2, 0.25) is 0 Å². The summed E-state index contributed by atoms with van der Waals surface area (Å²) >= 11 is 3.46. The van der Waals surface area contributed by atoms with Gasteiger partial charge in [0.05, 0.1) is 6.10 Å². The highest BCUT2D eigenvalue weighted by molar-refractivity contribution is 9.09. The average Bonchev–Trinajstić information content (AvgIpc) is 1.95. The number of halogens is 1. The molecule has 0 aromatic rings. The third kappa shape index (κ3) is 1.96. The van der Waals surface area contributed by atoms with Crippen LogP contribution in [0.25, 0.3) is 0 Å². The molecule has 3 atom stereocenters. The van der Waals surface area contributed by atoms with Gasteiger partial charge in [-0.2, -0.15) is 0 Å². The monoisotopic (exact) mass is 206 g/mol. The summed E-state index contributed by atoms with van der Waals surface area (Å²) in [5, 5.41) is 9.43. The van der Waals surface area contributed by atoms with Crippen LogP contribution in [-0.2, 0) is 0 Å². The lowest BCUT2D eigenvalue weighted by molar-refractivity contribution is 0.108. The molecule has 0 amide bonds. The van der Waals surface area contributed by atoms with Crippen molar-refractivity contribution in [2.24, 2.45) is 5.92 Å². The maximum absolute atomic E-state index is 9.43. The molecule has 1 aliphatic carbocycles. The summed E-state index contributed by atoms with van der Waals surface area (Å²) in [6, 6.07) is 0. The van der Waals surface area contributed by atoms with E-state index in [0.717, 1.165) is 18.8 Å². The summed E-state index contributed by atoms with van der Waals surface area (Å²) in [6.45, 7) is 2.20. The zero-order chi connectivity index (χ0) is 7.56. The van der Waals surface area contributed by atoms with Gasteiger partial charge in [-0.15, -0.1) is 0 Å². The Hall–Kier alpha value is 0.440. The van der Waals surface area contributed by atoms with Crippen LogP contribution < -0.4 is 0 Å². The first-order valence-electron chi connectivity index (χ1n) is 4.06. The largest absolute Gasteiger partial charge is 0.392 e. The molecule has 1 rings (SSSR count). The minimum Gasteiger partial charge on any atom is -0.392 e. The Bertz CT molecular complexity index is 105. The predicted octanol–water partition coefficient (Wildman–Crippen LogP) is 2.32. The van der Waals surface area contributed by atoms with E-state index in [9.17, 15) is 5.11 Å². The fraction of sp³-hybridized carbons (Fsp3) is 1.00. The van der Waals surface area contributed by atoms with E-state index in [2.05, 4.69) is 22.9 Å². The van der Waals surface area contributed by atoms with E-state index < -0.39 is 0 Å². The van der Waals surface area contributed by atoms with Crippen LogP contribution in [0.1, 0.15) is 32.6 Å². The fourth-order valence-corrected chi connectivity index (χ4v) is 2.05. The molecular formula is C8H15BrO. The molecule has 0 radical (unpaired) electrons. The molecule has 60 valence electrons. The molecule has 1 N–H and O–H groups in total. The van der Waals surface area contributed by atoms with Gasteiger partial charge in [-0.05, 0) is 25.2 Å². The first-order valence-corrected chi connectivity index (χ1v) is 4.97.